The van der Waals surface area contributed by atoms with E-state index in [9.17, 15) is 4.79 Å². The Morgan fingerprint density at radius 1 is 1.28 bits per heavy atom. The standard InChI is InChI=1S/C15H24N2O/c1-11(2)8-9-16-12(3)14-6-5-7-15(10-14)17-13(4)18/h5-7,10-12,16H,8-9H2,1-4H3,(H,17,18). The molecule has 0 aliphatic heterocycles. The minimum atomic E-state index is -0.0347. The van der Waals surface area contributed by atoms with E-state index in [0.29, 0.717) is 6.04 Å². The third-order valence-corrected chi connectivity index (χ3v) is 2.88. The summed E-state index contributed by atoms with van der Waals surface area (Å²) in [5.41, 5.74) is 2.06. The van der Waals surface area contributed by atoms with Gasteiger partial charge in [0.05, 0.1) is 0 Å². The van der Waals surface area contributed by atoms with Crippen LogP contribution in [0.25, 0.3) is 0 Å². The van der Waals surface area contributed by atoms with E-state index in [1.54, 1.807) is 0 Å². The third kappa shape index (κ3) is 5.32. The molecule has 3 heteroatoms. The van der Waals surface area contributed by atoms with Crippen LogP contribution < -0.4 is 10.6 Å². The maximum Gasteiger partial charge on any atom is 0.221 e. The lowest BCUT2D eigenvalue weighted by molar-refractivity contribution is -0.114. The number of amides is 1. The SMILES string of the molecule is CC(=O)Nc1cccc(C(C)NCCC(C)C)c1. The Labute approximate surface area is 110 Å². The quantitative estimate of drug-likeness (QED) is 0.810. The number of rotatable bonds is 6. The van der Waals surface area contributed by atoms with Crippen LogP contribution in [0.15, 0.2) is 24.3 Å². The zero-order valence-corrected chi connectivity index (χ0v) is 11.8. The predicted molar refractivity (Wildman–Crippen MR) is 76.6 cm³/mol. The van der Waals surface area contributed by atoms with Crippen LogP contribution in [0.4, 0.5) is 5.69 Å². The maximum atomic E-state index is 11.0. The molecule has 0 radical (unpaired) electrons. The van der Waals surface area contributed by atoms with E-state index in [1.165, 1.54) is 18.9 Å². The van der Waals surface area contributed by atoms with Crippen molar-refractivity contribution in [1.29, 1.82) is 0 Å². The number of hydrogen-bond acceptors (Lipinski definition) is 2. The van der Waals surface area contributed by atoms with Crippen LogP contribution >= 0.6 is 0 Å². The van der Waals surface area contributed by atoms with Gasteiger partial charge in [0, 0.05) is 18.7 Å². The van der Waals surface area contributed by atoms with Crippen molar-refractivity contribution in [2.75, 3.05) is 11.9 Å². The Hall–Kier alpha value is -1.35. The third-order valence-electron chi connectivity index (χ3n) is 2.88. The lowest BCUT2D eigenvalue weighted by Gasteiger charge is -2.16. The first-order valence-corrected chi connectivity index (χ1v) is 6.60. The van der Waals surface area contributed by atoms with E-state index in [2.05, 4.69) is 37.5 Å². The van der Waals surface area contributed by atoms with Crippen molar-refractivity contribution in [2.45, 2.75) is 40.2 Å². The van der Waals surface area contributed by atoms with Gasteiger partial charge >= 0.3 is 0 Å². The topological polar surface area (TPSA) is 41.1 Å². The van der Waals surface area contributed by atoms with Gasteiger partial charge < -0.3 is 10.6 Å². The van der Waals surface area contributed by atoms with Gasteiger partial charge in [0.1, 0.15) is 0 Å². The number of hydrogen-bond donors (Lipinski definition) is 2. The molecule has 0 aromatic heterocycles. The van der Waals surface area contributed by atoms with E-state index < -0.39 is 0 Å². The maximum absolute atomic E-state index is 11.0. The summed E-state index contributed by atoms with van der Waals surface area (Å²) in [5.74, 6) is 0.683. The number of anilines is 1. The number of benzene rings is 1. The normalized spacial score (nSPS) is 12.5. The molecule has 0 aliphatic rings. The van der Waals surface area contributed by atoms with Crippen molar-refractivity contribution in [3.63, 3.8) is 0 Å². The van der Waals surface area contributed by atoms with Crippen LogP contribution in [0.2, 0.25) is 0 Å². The molecule has 3 nitrogen and oxygen atoms in total. The highest BCUT2D eigenvalue weighted by atomic mass is 16.1. The van der Waals surface area contributed by atoms with Gasteiger partial charge in [0.2, 0.25) is 5.91 Å². The monoisotopic (exact) mass is 248 g/mol. The van der Waals surface area contributed by atoms with Crippen LogP contribution in [-0.4, -0.2) is 12.5 Å². The lowest BCUT2D eigenvalue weighted by Crippen LogP contribution is -2.21. The van der Waals surface area contributed by atoms with Crippen LogP contribution in [0.5, 0.6) is 0 Å². The smallest absolute Gasteiger partial charge is 0.221 e. The summed E-state index contributed by atoms with van der Waals surface area (Å²) >= 11 is 0. The van der Waals surface area contributed by atoms with Crippen LogP contribution in [-0.2, 0) is 4.79 Å². The molecule has 0 aliphatic carbocycles. The Kier molecular flexibility index (Phi) is 5.86. The highest BCUT2D eigenvalue weighted by molar-refractivity contribution is 5.88. The highest BCUT2D eigenvalue weighted by Gasteiger charge is 2.06. The van der Waals surface area contributed by atoms with Crippen molar-refractivity contribution in [3.8, 4) is 0 Å². The van der Waals surface area contributed by atoms with Gasteiger partial charge in [-0.2, -0.15) is 0 Å². The van der Waals surface area contributed by atoms with Crippen LogP contribution in [0.1, 0.15) is 45.7 Å². The molecule has 2 N–H and O–H groups in total. The van der Waals surface area contributed by atoms with Gasteiger partial charge in [-0.15, -0.1) is 0 Å². The van der Waals surface area contributed by atoms with Gasteiger partial charge in [-0.1, -0.05) is 26.0 Å². The van der Waals surface area contributed by atoms with Crippen molar-refractivity contribution in [1.82, 2.24) is 5.32 Å². The lowest BCUT2D eigenvalue weighted by atomic mass is 10.1. The van der Waals surface area contributed by atoms with Crippen LogP contribution in [0, 0.1) is 5.92 Å². The largest absolute Gasteiger partial charge is 0.326 e. The molecule has 0 heterocycles. The fourth-order valence-electron chi connectivity index (χ4n) is 1.80. The molecule has 0 spiro atoms. The van der Waals surface area contributed by atoms with Crippen molar-refractivity contribution in [2.24, 2.45) is 5.92 Å². The Morgan fingerprint density at radius 2 is 2.00 bits per heavy atom. The molecule has 100 valence electrons. The molecule has 1 unspecified atom stereocenters. The highest BCUT2D eigenvalue weighted by Crippen LogP contribution is 2.17. The van der Waals surface area contributed by atoms with Crippen molar-refractivity contribution < 1.29 is 4.79 Å². The molecule has 1 rings (SSSR count). The summed E-state index contributed by atoms with van der Waals surface area (Å²) in [4.78, 5) is 11.0. The fourth-order valence-corrected chi connectivity index (χ4v) is 1.80. The number of carbonyl (C=O) groups is 1. The molecule has 0 saturated heterocycles. The molecule has 18 heavy (non-hydrogen) atoms. The summed E-state index contributed by atoms with van der Waals surface area (Å²) in [6, 6.07) is 8.29. The number of carbonyl (C=O) groups excluding carboxylic acids is 1. The summed E-state index contributed by atoms with van der Waals surface area (Å²) in [6.45, 7) is 9.14. The zero-order chi connectivity index (χ0) is 13.5. The van der Waals surface area contributed by atoms with E-state index in [1.807, 2.05) is 18.2 Å². The molecular weight excluding hydrogens is 224 g/mol. The first-order valence-electron chi connectivity index (χ1n) is 6.60. The predicted octanol–water partition coefficient (Wildman–Crippen LogP) is 3.34. The molecule has 0 bridgehead atoms. The van der Waals surface area contributed by atoms with Gasteiger partial charge in [0.15, 0.2) is 0 Å². The van der Waals surface area contributed by atoms with Crippen molar-refractivity contribution >= 4 is 11.6 Å². The van der Waals surface area contributed by atoms with E-state index in [0.717, 1.165) is 18.2 Å². The van der Waals surface area contributed by atoms with Gasteiger partial charge in [-0.05, 0) is 43.5 Å². The van der Waals surface area contributed by atoms with Gasteiger partial charge in [-0.25, -0.2) is 0 Å². The molecule has 0 fully saturated rings. The summed E-state index contributed by atoms with van der Waals surface area (Å²) in [7, 11) is 0. The van der Waals surface area contributed by atoms with Crippen molar-refractivity contribution in [3.05, 3.63) is 29.8 Å². The molecule has 1 amide bonds. The fraction of sp³-hybridized carbons (Fsp3) is 0.533. The first kappa shape index (κ1) is 14.7. The average Bonchev–Trinajstić information content (AvgIpc) is 2.27. The minimum absolute atomic E-state index is 0.0347. The van der Waals surface area contributed by atoms with E-state index in [4.69, 9.17) is 0 Å². The second-order valence-electron chi connectivity index (χ2n) is 5.16. The van der Waals surface area contributed by atoms with Gasteiger partial charge in [-0.3, -0.25) is 4.79 Å². The minimum Gasteiger partial charge on any atom is -0.326 e. The average molecular weight is 248 g/mol. The summed E-state index contributed by atoms with van der Waals surface area (Å²) in [5, 5.41) is 6.31. The first-order chi connectivity index (χ1) is 8.49. The number of nitrogens with one attached hydrogen (secondary N) is 2. The Bertz CT molecular complexity index is 388. The molecule has 0 saturated carbocycles. The molecule has 1 aromatic rings. The van der Waals surface area contributed by atoms with E-state index in [-0.39, 0.29) is 5.91 Å². The Balaban J connectivity index is 2.56. The summed E-state index contributed by atoms with van der Waals surface area (Å²) in [6.07, 6.45) is 1.18. The second kappa shape index (κ2) is 7.17. The molecule has 1 atom stereocenters. The Morgan fingerprint density at radius 3 is 2.61 bits per heavy atom. The van der Waals surface area contributed by atoms with Crippen LogP contribution in [0.3, 0.4) is 0 Å². The van der Waals surface area contributed by atoms with Gasteiger partial charge in [0.25, 0.3) is 0 Å². The molecular formula is C15H24N2O. The zero-order valence-electron chi connectivity index (χ0n) is 11.8. The second-order valence-corrected chi connectivity index (χ2v) is 5.16. The summed E-state index contributed by atoms with van der Waals surface area (Å²) < 4.78 is 0. The molecule has 1 aromatic carbocycles. The van der Waals surface area contributed by atoms with E-state index >= 15 is 0 Å².